The first-order valence-corrected chi connectivity index (χ1v) is 5.66. The smallest absolute Gasteiger partial charge is 0.107 e. The summed E-state index contributed by atoms with van der Waals surface area (Å²) < 4.78 is 0. The maximum atomic E-state index is 6.23. The first-order valence-electron chi connectivity index (χ1n) is 5.66. The standard InChI is InChI=1S/C13H15N3/c14-12(8-13-15-5-6-16-13)11-7-9-3-1-2-4-10(9)11/h1-6,11-12H,7-8,14H2,(H,15,16). The van der Waals surface area contributed by atoms with Crippen molar-refractivity contribution in [2.45, 2.75) is 24.8 Å². The lowest BCUT2D eigenvalue weighted by Crippen LogP contribution is -2.37. The zero-order chi connectivity index (χ0) is 11.0. The average molecular weight is 213 g/mol. The molecule has 1 aromatic carbocycles. The molecule has 0 bridgehead atoms. The fourth-order valence-electron chi connectivity index (χ4n) is 2.45. The van der Waals surface area contributed by atoms with Crippen LogP contribution in [-0.2, 0) is 12.8 Å². The number of rotatable bonds is 3. The predicted molar refractivity (Wildman–Crippen MR) is 63.2 cm³/mol. The Bertz CT molecular complexity index is 476. The van der Waals surface area contributed by atoms with Crippen molar-refractivity contribution >= 4 is 0 Å². The number of benzene rings is 1. The molecule has 16 heavy (non-hydrogen) atoms. The van der Waals surface area contributed by atoms with Gasteiger partial charge in [-0.05, 0) is 17.5 Å². The van der Waals surface area contributed by atoms with Gasteiger partial charge in [0.2, 0.25) is 0 Å². The van der Waals surface area contributed by atoms with Crippen LogP contribution in [-0.4, -0.2) is 16.0 Å². The van der Waals surface area contributed by atoms with Gasteiger partial charge >= 0.3 is 0 Å². The first-order chi connectivity index (χ1) is 7.84. The Morgan fingerprint density at radius 3 is 3.06 bits per heavy atom. The van der Waals surface area contributed by atoms with Crippen LogP contribution in [0.4, 0.5) is 0 Å². The van der Waals surface area contributed by atoms with Crippen molar-refractivity contribution in [1.82, 2.24) is 9.97 Å². The lowest BCUT2D eigenvalue weighted by atomic mass is 9.73. The Kier molecular flexibility index (Phi) is 2.26. The average Bonchev–Trinajstić information content (AvgIpc) is 2.72. The van der Waals surface area contributed by atoms with Crippen molar-refractivity contribution in [3.63, 3.8) is 0 Å². The van der Waals surface area contributed by atoms with Gasteiger partial charge in [-0.2, -0.15) is 0 Å². The number of nitrogens with one attached hydrogen (secondary N) is 1. The summed E-state index contributed by atoms with van der Waals surface area (Å²) in [6.45, 7) is 0. The number of nitrogens with two attached hydrogens (primary N) is 1. The summed E-state index contributed by atoms with van der Waals surface area (Å²) in [6.07, 6.45) is 5.55. The van der Waals surface area contributed by atoms with E-state index in [1.807, 2.05) is 6.20 Å². The Hall–Kier alpha value is -1.61. The summed E-state index contributed by atoms with van der Waals surface area (Å²) in [4.78, 5) is 7.32. The Balaban J connectivity index is 1.72. The number of imidazole rings is 1. The van der Waals surface area contributed by atoms with E-state index in [0.29, 0.717) is 5.92 Å². The van der Waals surface area contributed by atoms with Gasteiger partial charge in [0.1, 0.15) is 5.82 Å². The van der Waals surface area contributed by atoms with E-state index in [1.54, 1.807) is 6.20 Å². The lowest BCUT2D eigenvalue weighted by Gasteiger charge is -2.34. The summed E-state index contributed by atoms with van der Waals surface area (Å²) in [5, 5.41) is 0. The van der Waals surface area contributed by atoms with E-state index in [2.05, 4.69) is 34.2 Å². The van der Waals surface area contributed by atoms with E-state index >= 15 is 0 Å². The number of nitrogens with zero attached hydrogens (tertiary/aromatic N) is 1. The second-order valence-corrected chi connectivity index (χ2v) is 4.41. The second kappa shape index (κ2) is 3.76. The van der Waals surface area contributed by atoms with Gasteiger partial charge in [-0.1, -0.05) is 24.3 Å². The van der Waals surface area contributed by atoms with Crippen molar-refractivity contribution in [1.29, 1.82) is 0 Å². The van der Waals surface area contributed by atoms with Crippen molar-refractivity contribution in [3.8, 4) is 0 Å². The summed E-state index contributed by atoms with van der Waals surface area (Å²) in [7, 11) is 0. The van der Waals surface area contributed by atoms with Crippen molar-refractivity contribution in [2.75, 3.05) is 0 Å². The van der Waals surface area contributed by atoms with Gasteiger partial charge in [0, 0.05) is 30.8 Å². The van der Waals surface area contributed by atoms with Gasteiger partial charge in [-0.15, -0.1) is 0 Å². The quantitative estimate of drug-likeness (QED) is 0.814. The highest BCUT2D eigenvalue weighted by molar-refractivity contribution is 5.41. The molecule has 2 aromatic rings. The number of hydrogen-bond acceptors (Lipinski definition) is 2. The fourth-order valence-corrected chi connectivity index (χ4v) is 2.45. The highest BCUT2D eigenvalue weighted by Gasteiger charge is 2.30. The molecule has 0 amide bonds. The molecule has 3 rings (SSSR count). The fraction of sp³-hybridized carbons (Fsp3) is 0.308. The topological polar surface area (TPSA) is 54.7 Å². The van der Waals surface area contributed by atoms with Crippen LogP contribution in [0.15, 0.2) is 36.7 Å². The first kappa shape index (κ1) is 9.60. The lowest BCUT2D eigenvalue weighted by molar-refractivity contribution is 0.474. The largest absolute Gasteiger partial charge is 0.349 e. The Morgan fingerprint density at radius 2 is 2.31 bits per heavy atom. The molecule has 0 radical (unpaired) electrons. The van der Waals surface area contributed by atoms with Crippen LogP contribution in [0.25, 0.3) is 0 Å². The minimum absolute atomic E-state index is 0.168. The zero-order valence-electron chi connectivity index (χ0n) is 9.06. The van der Waals surface area contributed by atoms with Gasteiger partial charge in [0.15, 0.2) is 0 Å². The van der Waals surface area contributed by atoms with Gasteiger partial charge in [0.25, 0.3) is 0 Å². The van der Waals surface area contributed by atoms with E-state index in [0.717, 1.165) is 18.7 Å². The minimum atomic E-state index is 0.168. The van der Waals surface area contributed by atoms with E-state index in [4.69, 9.17) is 5.73 Å². The van der Waals surface area contributed by atoms with Crippen LogP contribution in [0.3, 0.4) is 0 Å². The molecule has 0 saturated carbocycles. The molecule has 2 atom stereocenters. The Labute approximate surface area is 94.7 Å². The number of hydrogen-bond donors (Lipinski definition) is 2. The molecular formula is C13H15N3. The van der Waals surface area contributed by atoms with Crippen molar-refractivity contribution < 1.29 is 0 Å². The van der Waals surface area contributed by atoms with Crippen LogP contribution >= 0.6 is 0 Å². The Morgan fingerprint density at radius 1 is 1.44 bits per heavy atom. The number of fused-ring (bicyclic) bond motifs is 1. The third-order valence-corrected chi connectivity index (χ3v) is 3.40. The minimum Gasteiger partial charge on any atom is -0.349 e. The SMILES string of the molecule is NC(Cc1ncc[nH]1)C1Cc2ccccc21. The molecular weight excluding hydrogens is 198 g/mol. The molecule has 1 heterocycles. The maximum Gasteiger partial charge on any atom is 0.107 e. The number of aromatic nitrogens is 2. The maximum absolute atomic E-state index is 6.23. The van der Waals surface area contributed by atoms with Gasteiger partial charge < -0.3 is 10.7 Å². The summed E-state index contributed by atoms with van der Waals surface area (Å²) in [5.41, 5.74) is 9.09. The monoisotopic (exact) mass is 213 g/mol. The molecule has 1 aliphatic carbocycles. The molecule has 3 heteroatoms. The van der Waals surface area contributed by atoms with Gasteiger partial charge in [-0.25, -0.2) is 4.98 Å². The molecule has 3 N–H and O–H groups in total. The van der Waals surface area contributed by atoms with E-state index < -0.39 is 0 Å². The van der Waals surface area contributed by atoms with Crippen LogP contribution < -0.4 is 5.73 Å². The van der Waals surface area contributed by atoms with E-state index in [9.17, 15) is 0 Å². The summed E-state index contributed by atoms with van der Waals surface area (Å²) in [5.74, 6) is 1.48. The van der Waals surface area contributed by atoms with Crippen LogP contribution in [0, 0.1) is 0 Å². The molecule has 0 aliphatic heterocycles. The summed E-state index contributed by atoms with van der Waals surface area (Å²) in [6, 6.07) is 8.72. The number of H-pyrrole nitrogens is 1. The van der Waals surface area contributed by atoms with Crippen LogP contribution in [0.5, 0.6) is 0 Å². The molecule has 3 nitrogen and oxygen atoms in total. The van der Waals surface area contributed by atoms with E-state index in [-0.39, 0.29) is 6.04 Å². The molecule has 0 spiro atoms. The molecule has 1 aliphatic rings. The highest BCUT2D eigenvalue weighted by Crippen LogP contribution is 2.37. The third-order valence-electron chi connectivity index (χ3n) is 3.40. The van der Waals surface area contributed by atoms with Crippen LogP contribution in [0.1, 0.15) is 22.9 Å². The zero-order valence-corrected chi connectivity index (χ0v) is 9.06. The third kappa shape index (κ3) is 1.53. The molecule has 1 aromatic heterocycles. The second-order valence-electron chi connectivity index (χ2n) is 4.41. The van der Waals surface area contributed by atoms with Crippen LogP contribution in [0.2, 0.25) is 0 Å². The molecule has 0 fully saturated rings. The molecule has 2 unspecified atom stereocenters. The van der Waals surface area contributed by atoms with E-state index in [1.165, 1.54) is 11.1 Å². The van der Waals surface area contributed by atoms with Crippen molar-refractivity contribution in [2.24, 2.45) is 5.73 Å². The molecule has 82 valence electrons. The highest BCUT2D eigenvalue weighted by atomic mass is 14.9. The molecule has 0 saturated heterocycles. The van der Waals surface area contributed by atoms with Gasteiger partial charge in [-0.3, -0.25) is 0 Å². The van der Waals surface area contributed by atoms with Gasteiger partial charge in [0.05, 0.1) is 0 Å². The van der Waals surface area contributed by atoms with Crippen molar-refractivity contribution in [3.05, 3.63) is 53.6 Å². The number of aromatic amines is 1. The summed E-state index contributed by atoms with van der Waals surface area (Å²) >= 11 is 0. The predicted octanol–water partition coefficient (Wildman–Crippen LogP) is 1.62. The normalized spacial score (nSPS) is 19.9.